The molecule has 1 saturated heterocycles. The SMILES string of the molecule is Cc1cc(C2CC2)c(CN2CCCC[C@H]2c2ccc(C(=O)O)cc2)c2cc[nH]c12. The number of nitrogens with one attached hydrogen (secondary N) is 1. The zero-order valence-corrected chi connectivity index (χ0v) is 16.9. The van der Waals surface area contributed by atoms with Gasteiger partial charge < -0.3 is 10.1 Å². The molecule has 0 unspecified atom stereocenters. The number of H-pyrrole nitrogens is 1. The Hall–Kier alpha value is -2.59. The van der Waals surface area contributed by atoms with Crippen molar-refractivity contribution in [1.29, 1.82) is 0 Å². The van der Waals surface area contributed by atoms with Crippen molar-refractivity contribution >= 4 is 16.9 Å². The molecule has 150 valence electrons. The summed E-state index contributed by atoms with van der Waals surface area (Å²) in [6, 6.07) is 12.5. The van der Waals surface area contributed by atoms with E-state index in [0.717, 1.165) is 25.4 Å². The summed E-state index contributed by atoms with van der Waals surface area (Å²) in [5.74, 6) is -0.137. The number of benzene rings is 2. The third-order valence-corrected chi connectivity index (χ3v) is 6.72. The number of likely N-dealkylation sites (tertiary alicyclic amines) is 1. The molecule has 3 aromatic rings. The topological polar surface area (TPSA) is 56.3 Å². The summed E-state index contributed by atoms with van der Waals surface area (Å²) < 4.78 is 0. The predicted molar refractivity (Wildman–Crippen MR) is 115 cm³/mol. The van der Waals surface area contributed by atoms with Gasteiger partial charge in [0.1, 0.15) is 0 Å². The summed E-state index contributed by atoms with van der Waals surface area (Å²) in [7, 11) is 0. The maximum atomic E-state index is 11.2. The van der Waals surface area contributed by atoms with Crippen molar-refractivity contribution in [1.82, 2.24) is 9.88 Å². The molecule has 0 radical (unpaired) electrons. The second-order valence-electron chi connectivity index (χ2n) is 8.71. The van der Waals surface area contributed by atoms with Gasteiger partial charge in [-0.2, -0.15) is 0 Å². The minimum atomic E-state index is -0.861. The van der Waals surface area contributed by atoms with Crippen LogP contribution in [0.4, 0.5) is 0 Å². The predicted octanol–water partition coefficient (Wildman–Crippen LogP) is 5.78. The summed E-state index contributed by atoms with van der Waals surface area (Å²) in [5.41, 5.74) is 7.24. The highest BCUT2D eigenvalue weighted by atomic mass is 16.4. The Morgan fingerprint density at radius 1 is 1.14 bits per heavy atom. The highest BCUT2D eigenvalue weighted by molar-refractivity contribution is 5.88. The molecule has 1 aliphatic heterocycles. The quantitative estimate of drug-likeness (QED) is 0.582. The van der Waals surface area contributed by atoms with Gasteiger partial charge in [0.25, 0.3) is 0 Å². The number of aryl methyl sites for hydroxylation is 1. The second-order valence-corrected chi connectivity index (χ2v) is 8.71. The lowest BCUT2D eigenvalue weighted by Crippen LogP contribution is -2.33. The van der Waals surface area contributed by atoms with E-state index >= 15 is 0 Å². The summed E-state index contributed by atoms with van der Waals surface area (Å²) >= 11 is 0. The number of carbonyl (C=O) groups is 1. The van der Waals surface area contributed by atoms with Gasteiger partial charge in [0.05, 0.1) is 5.56 Å². The van der Waals surface area contributed by atoms with Gasteiger partial charge in [0.2, 0.25) is 0 Å². The molecule has 1 saturated carbocycles. The first-order chi connectivity index (χ1) is 14.1. The van der Waals surface area contributed by atoms with Crippen molar-refractivity contribution in [2.24, 2.45) is 0 Å². The van der Waals surface area contributed by atoms with E-state index in [9.17, 15) is 9.90 Å². The first-order valence-electron chi connectivity index (χ1n) is 10.8. The summed E-state index contributed by atoms with van der Waals surface area (Å²) in [6.07, 6.45) is 8.27. The number of carboxylic acid groups (broad SMARTS) is 1. The standard InChI is InChI=1S/C25H28N2O2/c1-16-14-21(17-5-6-17)22(20-11-12-26-24(16)20)15-27-13-3-2-4-23(27)18-7-9-19(10-8-18)25(28)29/h7-12,14,17,23,26H,2-6,13,15H2,1H3,(H,28,29)/t23-/m0/s1. The zero-order chi connectivity index (χ0) is 20.0. The van der Waals surface area contributed by atoms with Gasteiger partial charge in [-0.1, -0.05) is 24.6 Å². The van der Waals surface area contributed by atoms with E-state index in [1.54, 1.807) is 17.7 Å². The molecule has 0 spiro atoms. The van der Waals surface area contributed by atoms with Crippen molar-refractivity contribution in [3.05, 3.63) is 70.4 Å². The fraction of sp³-hybridized carbons (Fsp3) is 0.400. The zero-order valence-electron chi connectivity index (χ0n) is 16.9. The number of aromatic amines is 1. The van der Waals surface area contributed by atoms with E-state index in [1.165, 1.54) is 53.3 Å². The van der Waals surface area contributed by atoms with E-state index in [2.05, 4.69) is 35.1 Å². The number of nitrogens with zero attached hydrogens (tertiary/aromatic N) is 1. The smallest absolute Gasteiger partial charge is 0.335 e. The molecular formula is C25H28N2O2. The van der Waals surface area contributed by atoms with Gasteiger partial charge >= 0.3 is 5.97 Å². The molecule has 1 aromatic heterocycles. The van der Waals surface area contributed by atoms with Crippen LogP contribution in [0, 0.1) is 6.92 Å². The number of aromatic nitrogens is 1. The number of hydrogen-bond donors (Lipinski definition) is 2. The molecule has 4 heteroatoms. The lowest BCUT2D eigenvalue weighted by molar-refractivity contribution is 0.0696. The molecule has 0 amide bonds. The van der Waals surface area contributed by atoms with Crippen LogP contribution in [0.1, 0.15) is 76.7 Å². The minimum Gasteiger partial charge on any atom is -0.478 e. The van der Waals surface area contributed by atoms with E-state index in [1.807, 2.05) is 12.1 Å². The maximum Gasteiger partial charge on any atom is 0.335 e. The van der Waals surface area contributed by atoms with Crippen LogP contribution < -0.4 is 0 Å². The molecule has 2 N–H and O–H groups in total. The number of rotatable bonds is 5. The molecular weight excluding hydrogens is 360 g/mol. The van der Waals surface area contributed by atoms with Crippen LogP contribution in [0.25, 0.3) is 10.9 Å². The van der Waals surface area contributed by atoms with Crippen LogP contribution in [0.3, 0.4) is 0 Å². The lowest BCUT2D eigenvalue weighted by Gasteiger charge is -2.37. The molecule has 0 bridgehead atoms. The van der Waals surface area contributed by atoms with E-state index < -0.39 is 5.97 Å². The monoisotopic (exact) mass is 388 g/mol. The van der Waals surface area contributed by atoms with Gasteiger partial charge in [-0.15, -0.1) is 0 Å². The Morgan fingerprint density at radius 2 is 1.93 bits per heavy atom. The summed E-state index contributed by atoms with van der Waals surface area (Å²) in [5, 5.41) is 10.6. The van der Waals surface area contributed by atoms with Crippen LogP contribution in [0.2, 0.25) is 0 Å². The normalized spacial score (nSPS) is 20.2. The van der Waals surface area contributed by atoms with Gasteiger partial charge in [-0.05, 0) is 85.5 Å². The molecule has 29 heavy (non-hydrogen) atoms. The summed E-state index contributed by atoms with van der Waals surface area (Å²) in [4.78, 5) is 17.3. The number of aromatic carboxylic acids is 1. The number of carboxylic acids is 1. The Kier molecular flexibility index (Phi) is 4.67. The van der Waals surface area contributed by atoms with Crippen molar-refractivity contribution in [3.63, 3.8) is 0 Å². The average molecular weight is 389 g/mol. The van der Waals surface area contributed by atoms with Gasteiger partial charge in [-0.25, -0.2) is 4.79 Å². The average Bonchev–Trinajstić information content (AvgIpc) is 3.46. The third-order valence-electron chi connectivity index (χ3n) is 6.72. The molecule has 5 rings (SSSR count). The van der Waals surface area contributed by atoms with Gasteiger partial charge in [0, 0.05) is 29.7 Å². The fourth-order valence-corrected chi connectivity index (χ4v) is 5.04. The second kappa shape index (κ2) is 7.34. The number of piperidine rings is 1. The Labute approximate surface area is 171 Å². The fourth-order valence-electron chi connectivity index (χ4n) is 5.04. The van der Waals surface area contributed by atoms with Crippen LogP contribution in [0.15, 0.2) is 42.6 Å². The molecule has 1 atom stereocenters. The van der Waals surface area contributed by atoms with E-state index in [4.69, 9.17) is 0 Å². The largest absolute Gasteiger partial charge is 0.478 e. The Bertz CT molecular complexity index is 1050. The lowest BCUT2D eigenvalue weighted by atomic mass is 9.91. The van der Waals surface area contributed by atoms with Crippen LogP contribution in [0.5, 0.6) is 0 Å². The number of fused-ring (bicyclic) bond motifs is 1. The molecule has 2 heterocycles. The first kappa shape index (κ1) is 18.4. The summed E-state index contributed by atoms with van der Waals surface area (Å²) in [6.45, 7) is 4.27. The van der Waals surface area contributed by atoms with Crippen molar-refractivity contribution in [2.45, 2.75) is 57.5 Å². The van der Waals surface area contributed by atoms with E-state index in [-0.39, 0.29) is 0 Å². The maximum absolute atomic E-state index is 11.2. The van der Waals surface area contributed by atoms with Crippen LogP contribution in [-0.2, 0) is 6.54 Å². The van der Waals surface area contributed by atoms with Crippen LogP contribution >= 0.6 is 0 Å². The molecule has 4 nitrogen and oxygen atoms in total. The van der Waals surface area contributed by atoms with Crippen molar-refractivity contribution in [3.8, 4) is 0 Å². The minimum absolute atomic E-state index is 0.356. The van der Waals surface area contributed by atoms with Crippen molar-refractivity contribution < 1.29 is 9.90 Å². The van der Waals surface area contributed by atoms with Crippen molar-refractivity contribution in [2.75, 3.05) is 6.54 Å². The molecule has 2 aromatic carbocycles. The third kappa shape index (κ3) is 3.46. The molecule has 2 aliphatic rings. The number of hydrogen-bond acceptors (Lipinski definition) is 2. The first-order valence-corrected chi connectivity index (χ1v) is 10.8. The van der Waals surface area contributed by atoms with E-state index in [0.29, 0.717) is 11.6 Å². The van der Waals surface area contributed by atoms with Gasteiger partial charge in [0.15, 0.2) is 0 Å². The molecule has 1 aliphatic carbocycles. The van der Waals surface area contributed by atoms with Gasteiger partial charge in [-0.3, -0.25) is 4.90 Å². The highest BCUT2D eigenvalue weighted by Gasteiger charge is 2.30. The van der Waals surface area contributed by atoms with Crippen LogP contribution in [-0.4, -0.2) is 27.5 Å². The Morgan fingerprint density at radius 3 is 2.66 bits per heavy atom. The molecule has 2 fully saturated rings. The highest BCUT2D eigenvalue weighted by Crippen LogP contribution is 2.45. The Balaban J connectivity index is 1.50.